The smallest absolute Gasteiger partial charge is 0.319 e. The van der Waals surface area contributed by atoms with Crippen LogP contribution >= 0.6 is 0 Å². The molecule has 0 bridgehead atoms. The van der Waals surface area contributed by atoms with Crippen LogP contribution in [0, 0.1) is 12.8 Å². The fourth-order valence-corrected chi connectivity index (χ4v) is 3.03. The Balaban J connectivity index is 1.87. The van der Waals surface area contributed by atoms with E-state index in [-0.39, 0.29) is 18.0 Å². The molecule has 0 saturated carbocycles. The van der Waals surface area contributed by atoms with E-state index in [0.717, 1.165) is 29.8 Å². The molecular formula is C18H23N3O2. The average molecular weight is 313 g/mol. The zero-order chi connectivity index (χ0) is 16.6. The van der Waals surface area contributed by atoms with Crippen LogP contribution in [0.4, 0.5) is 4.79 Å². The number of carbonyl (C=O) groups excluding carboxylic acids is 2. The van der Waals surface area contributed by atoms with E-state index < -0.39 is 0 Å². The summed E-state index contributed by atoms with van der Waals surface area (Å²) in [6.45, 7) is 7.53. The van der Waals surface area contributed by atoms with Crippen molar-refractivity contribution >= 4 is 11.9 Å². The molecule has 0 spiro atoms. The number of amides is 3. The summed E-state index contributed by atoms with van der Waals surface area (Å²) in [5.41, 5.74) is 3.52. The third-order valence-corrected chi connectivity index (χ3v) is 4.41. The van der Waals surface area contributed by atoms with Crippen LogP contribution in [0.15, 0.2) is 35.5 Å². The van der Waals surface area contributed by atoms with Crippen molar-refractivity contribution in [1.82, 2.24) is 15.5 Å². The highest BCUT2D eigenvalue weighted by Gasteiger charge is 2.40. The highest BCUT2D eigenvalue weighted by molar-refractivity contribution is 6.01. The van der Waals surface area contributed by atoms with E-state index in [9.17, 15) is 9.59 Å². The second-order valence-electron chi connectivity index (χ2n) is 6.74. The van der Waals surface area contributed by atoms with Crippen molar-refractivity contribution in [3.05, 3.63) is 46.7 Å². The van der Waals surface area contributed by atoms with E-state index in [4.69, 9.17) is 0 Å². The largest absolute Gasteiger partial charge is 0.333 e. The summed E-state index contributed by atoms with van der Waals surface area (Å²) in [6.07, 6.45) is 0.961. The molecule has 5 nitrogen and oxygen atoms in total. The minimum Gasteiger partial charge on any atom is -0.333 e. The van der Waals surface area contributed by atoms with Gasteiger partial charge in [-0.25, -0.2) is 4.79 Å². The number of aryl methyl sites for hydroxylation is 1. The Labute approximate surface area is 136 Å². The van der Waals surface area contributed by atoms with Crippen LogP contribution in [-0.2, 0) is 4.79 Å². The molecule has 122 valence electrons. The fraction of sp³-hybridized carbons (Fsp3) is 0.444. The first kappa shape index (κ1) is 15.6. The first-order chi connectivity index (χ1) is 11.0. The molecule has 2 N–H and O–H groups in total. The zero-order valence-electron chi connectivity index (χ0n) is 13.8. The van der Waals surface area contributed by atoms with Gasteiger partial charge in [0.05, 0.1) is 23.9 Å². The van der Waals surface area contributed by atoms with Gasteiger partial charge in [-0.15, -0.1) is 0 Å². The molecule has 1 aromatic rings. The fourth-order valence-electron chi connectivity index (χ4n) is 3.03. The molecule has 1 atom stereocenters. The van der Waals surface area contributed by atoms with E-state index in [1.165, 1.54) is 0 Å². The van der Waals surface area contributed by atoms with Crippen molar-refractivity contribution in [2.45, 2.75) is 33.2 Å². The molecule has 23 heavy (non-hydrogen) atoms. The van der Waals surface area contributed by atoms with Crippen LogP contribution in [-0.4, -0.2) is 29.9 Å². The summed E-state index contributed by atoms with van der Waals surface area (Å²) >= 11 is 0. The molecule has 1 unspecified atom stereocenters. The minimum absolute atomic E-state index is 0.0266. The molecule has 3 rings (SSSR count). The van der Waals surface area contributed by atoms with Gasteiger partial charge in [-0.3, -0.25) is 4.79 Å². The van der Waals surface area contributed by atoms with Gasteiger partial charge in [0, 0.05) is 6.54 Å². The van der Waals surface area contributed by atoms with Crippen molar-refractivity contribution in [3.63, 3.8) is 0 Å². The molecule has 0 fully saturated rings. The summed E-state index contributed by atoms with van der Waals surface area (Å²) in [6, 6.07) is 7.34. The summed E-state index contributed by atoms with van der Waals surface area (Å²) in [5, 5.41) is 5.69. The van der Waals surface area contributed by atoms with Gasteiger partial charge in [-0.05, 0) is 24.8 Å². The topological polar surface area (TPSA) is 61.4 Å². The van der Waals surface area contributed by atoms with E-state index in [1.807, 2.05) is 36.1 Å². The van der Waals surface area contributed by atoms with Gasteiger partial charge >= 0.3 is 6.03 Å². The molecule has 0 aliphatic carbocycles. The molecule has 2 heterocycles. The zero-order valence-corrected chi connectivity index (χ0v) is 13.8. The molecule has 2 aliphatic rings. The van der Waals surface area contributed by atoms with Gasteiger partial charge in [-0.2, -0.15) is 0 Å². The lowest BCUT2D eigenvalue weighted by Crippen LogP contribution is -2.44. The number of carbonyl (C=O) groups is 2. The molecule has 0 saturated heterocycles. The van der Waals surface area contributed by atoms with E-state index >= 15 is 0 Å². The van der Waals surface area contributed by atoms with Crippen molar-refractivity contribution in [1.29, 1.82) is 0 Å². The van der Waals surface area contributed by atoms with Gasteiger partial charge < -0.3 is 15.5 Å². The van der Waals surface area contributed by atoms with E-state index in [2.05, 4.69) is 24.5 Å². The highest BCUT2D eigenvalue weighted by Crippen LogP contribution is 2.32. The third-order valence-electron chi connectivity index (χ3n) is 4.41. The van der Waals surface area contributed by atoms with Gasteiger partial charge in [0.2, 0.25) is 0 Å². The maximum atomic E-state index is 12.8. The number of urea groups is 1. The number of nitrogens with one attached hydrogen (secondary N) is 2. The highest BCUT2D eigenvalue weighted by atomic mass is 16.2. The van der Waals surface area contributed by atoms with Gasteiger partial charge in [0.25, 0.3) is 5.91 Å². The predicted molar refractivity (Wildman–Crippen MR) is 88.6 cm³/mol. The Morgan fingerprint density at radius 1 is 1.22 bits per heavy atom. The van der Waals surface area contributed by atoms with Crippen LogP contribution in [0.2, 0.25) is 0 Å². The molecular weight excluding hydrogens is 290 g/mol. The summed E-state index contributed by atoms with van der Waals surface area (Å²) < 4.78 is 0. The Hall–Kier alpha value is -2.30. The van der Waals surface area contributed by atoms with Crippen LogP contribution in [0.5, 0.6) is 0 Å². The first-order valence-electron chi connectivity index (χ1n) is 8.12. The Morgan fingerprint density at radius 2 is 1.91 bits per heavy atom. The lowest BCUT2D eigenvalue weighted by Gasteiger charge is -2.25. The van der Waals surface area contributed by atoms with Crippen molar-refractivity contribution in [3.8, 4) is 0 Å². The number of benzene rings is 1. The monoisotopic (exact) mass is 313 g/mol. The average Bonchev–Trinajstić information content (AvgIpc) is 2.81. The first-order valence-corrected chi connectivity index (χ1v) is 8.12. The van der Waals surface area contributed by atoms with Crippen LogP contribution < -0.4 is 10.6 Å². The van der Waals surface area contributed by atoms with Crippen LogP contribution in [0.1, 0.15) is 37.4 Å². The lowest BCUT2D eigenvalue weighted by atomic mass is 9.95. The number of hydrogen-bond donors (Lipinski definition) is 2. The van der Waals surface area contributed by atoms with Gasteiger partial charge in [0.1, 0.15) is 0 Å². The molecule has 1 aromatic carbocycles. The summed E-state index contributed by atoms with van der Waals surface area (Å²) in [5.74, 6) is 0.569. The summed E-state index contributed by atoms with van der Waals surface area (Å²) in [4.78, 5) is 26.6. The lowest BCUT2D eigenvalue weighted by molar-refractivity contribution is -0.125. The number of nitrogens with zero attached hydrogens (tertiary/aromatic N) is 1. The van der Waals surface area contributed by atoms with Crippen molar-refractivity contribution in [2.75, 3.05) is 13.1 Å². The normalized spacial score (nSPS) is 20.7. The van der Waals surface area contributed by atoms with Crippen LogP contribution in [0.25, 0.3) is 0 Å². The van der Waals surface area contributed by atoms with E-state index in [1.54, 1.807) is 0 Å². The SMILES string of the molecule is Cc1ccc(C2NC(=O)NC3=C2C(=O)N(CCC(C)C)C3)cc1. The summed E-state index contributed by atoms with van der Waals surface area (Å²) in [7, 11) is 0. The Bertz CT molecular complexity index is 661. The molecule has 0 aromatic heterocycles. The molecule has 0 radical (unpaired) electrons. The quantitative estimate of drug-likeness (QED) is 0.897. The maximum Gasteiger partial charge on any atom is 0.319 e. The standard InChI is InChI=1S/C18H23N3O2/c1-11(2)8-9-21-10-14-15(17(21)22)16(20-18(23)19-14)13-6-4-12(3)5-7-13/h4-7,11,16H,8-10H2,1-3H3,(H2,19,20,23). The number of hydrogen-bond acceptors (Lipinski definition) is 2. The second-order valence-corrected chi connectivity index (χ2v) is 6.74. The molecule has 5 heteroatoms. The minimum atomic E-state index is -0.365. The third kappa shape index (κ3) is 3.09. The molecule has 2 aliphatic heterocycles. The van der Waals surface area contributed by atoms with Gasteiger partial charge in [0.15, 0.2) is 0 Å². The second kappa shape index (κ2) is 6.07. The van der Waals surface area contributed by atoms with Crippen molar-refractivity contribution in [2.24, 2.45) is 5.92 Å². The van der Waals surface area contributed by atoms with Gasteiger partial charge in [-0.1, -0.05) is 43.7 Å². The Kier molecular flexibility index (Phi) is 4.11. The van der Waals surface area contributed by atoms with Crippen LogP contribution in [0.3, 0.4) is 0 Å². The Morgan fingerprint density at radius 3 is 2.57 bits per heavy atom. The van der Waals surface area contributed by atoms with E-state index in [0.29, 0.717) is 18.0 Å². The number of rotatable bonds is 4. The predicted octanol–water partition coefficient (Wildman–Crippen LogP) is 2.49. The molecule has 3 amide bonds. The maximum absolute atomic E-state index is 12.8. The van der Waals surface area contributed by atoms with Crippen molar-refractivity contribution < 1.29 is 9.59 Å².